The lowest BCUT2D eigenvalue weighted by atomic mass is 10.2. The van der Waals surface area contributed by atoms with Crippen LogP contribution in [0.5, 0.6) is 0 Å². The van der Waals surface area contributed by atoms with E-state index in [0.717, 1.165) is 12.8 Å². The first-order valence-electron chi connectivity index (χ1n) is 5.10. The van der Waals surface area contributed by atoms with Crippen LogP contribution in [0.15, 0.2) is 23.1 Å². The van der Waals surface area contributed by atoms with Crippen LogP contribution >= 0.6 is 0 Å². The Kier molecular flexibility index (Phi) is 4.09. The summed E-state index contributed by atoms with van der Waals surface area (Å²) in [7, 11) is 1.71. The molecule has 0 bridgehead atoms. The van der Waals surface area contributed by atoms with Crippen molar-refractivity contribution in [3.05, 3.63) is 34.2 Å². The molecule has 1 rings (SSSR count). The Hall–Kier alpha value is -1.58. The van der Waals surface area contributed by atoms with E-state index < -0.39 is 0 Å². The third-order valence-corrected chi connectivity index (χ3v) is 2.24. The van der Waals surface area contributed by atoms with Crippen LogP contribution in [-0.2, 0) is 0 Å². The van der Waals surface area contributed by atoms with E-state index in [1.165, 1.54) is 6.20 Å². The molecule has 1 heterocycles. The number of carbonyl (C=O) groups is 1. The van der Waals surface area contributed by atoms with E-state index in [4.69, 9.17) is 0 Å². The smallest absolute Gasteiger partial charge is 0.260 e. The molecule has 0 aliphatic carbocycles. The lowest BCUT2D eigenvalue weighted by Crippen LogP contribution is -2.32. The van der Waals surface area contributed by atoms with Crippen LogP contribution in [-0.4, -0.2) is 29.4 Å². The van der Waals surface area contributed by atoms with Crippen molar-refractivity contribution in [1.29, 1.82) is 0 Å². The molecule has 0 aliphatic rings. The largest absolute Gasteiger partial charge is 0.342 e. The average Bonchev–Trinajstić information content (AvgIpc) is 2.25. The second-order valence-electron chi connectivity index (χ2n) is 3.49. The Balaban J connectivity index is 2.77. The monoisotopic (exact) mass is 208 g/mol. The molecule has 0 atom stereocenters. The Morgan fingerprint density at radius 3 is 2.87 bits per heavy atom. The summed E-state index contributed by atoms with van der Waals surface area (Å²) in [6.45, 7) is 2.75. The van der Waals surface area contributed by atoms with Crippen molar-refractivity contribution >= 4 is 5.91 Å². The Labute approximate surface area is 88.9 Å². The summed E-state index contributed by atoms with van der Waals surface area (Å²) in [6.07, 6.45) is 3.50. The van der Waals surface area contributed by atoms with Crippen molar-refractivity contribution in [3.63, 3.8) is 0 Å². The Bertz CT molecular complexity index is 384. The number of aromatic amines is 1. The van der Waals surface area contributed by atoms with Crippen molar-refractivity contribution in [2.24, 2.45) is 0 Å². The predicted molar refractivity (Wildman–Crippen MR) is 58.9 cm³/mol. The van der Waals surface area contributed by atoms with Gasteiger partial charge in [-0.05, 0) is 18.6 Å². The number of unbranched alkanes of at least 4 members (excludes halogenated alkanes) is 1. The van der Waals surface area contributed by atoms with E-state index in [0.29, 0.717) is 6.54 Å². The van der Waals surface area contributed by atoms with E-state index in [2.05, 4.69) is 11.9 Å². The van der Waals surface area contributed by atoms with E-state index >= 15 is 0 Å². The second kappa shape index (κ2) is 5.34. The first-order valence-corrected chi connectivity index (χ1v) is 5.10. The summed E-state index contributed by atoms with van der Waals surface area (Å²) in [5.41, 5.74) is -0.123. The normalized spacial score (nSPS) is 10.0. The summed E-state index contributed by atoms with van der Waals surface area (Å²) in [5, 5.41) is 0. The minimum absolute atomic E-state index is 0.205. The maximum Gasteiger partial charge on any atom is 0.260 e. The minimum atomic E-state index is -0.328. The molecule has 1 aromatic heterocycles. The number of pyridine rings is 1. The number of nitrogens with one attached hydrogen (secondary N) is 1. The summed E-state index contributed by atoms with van der Waals surface area (Å²) in [6, 6.07) is 3.20. The van der Waals surface area contributed by atoms with E-state index in [9.17, 15) is 9.59 Å². The van der Waals surface area contributed by atoms with Gasteiger partial charge in [0.25, 0.3) is 11.5 Å². The van der Waals surface area contributed by atoms with Gasteiger partial charge in [-0.1, -0.05) is 13.3 Å². The van der Waals surface area contributed by atoms with Gasteiger partial charge in [0, 0.05) is 19.8 Å². The van der Waals surface area contributed by atoms with Gasteiger partial charge in [0.15, 0.2) is 0 Å². The van der Waals surface area contributed by atoms with Gasteiger partial charge in [-0.2, -0.15) is 0 Å². The van der Waals surface area contributed by atoms with Crippen LogP contribution in [0.4, 0.5) is 0 Å². The molecule has 0 saturated carbocycles. The van der Waals surface area contributed by atoms with Gasteiger partial charge in [-0.3, -0.25) is 9.59 Å². The van der Waals surface area contributed by atoms with Crippen molar-refractivity contribution in [1.82, 2.24) is 9.88 Å². The number of carbonyl (C=O) groups excluding carboxylic acids is 1. The van der Waals surface area contributed by atoms with E-state index in [1.807, 2.05) is 0 Å². The number of H-pyrrole nitrogens is 1. The molecular weight excluding hydrogens is 192 g/mol. The molecule has 0 fully saturated rings. The van der Waals surface area contributed by atoms with Crippen LogP contribution in [0, 0.1) is 0 Å². The summed E-state index contributed by atoms with van der Waals surface area (Å²) >= 11 is 0. The number of rotatable bonds is 4. The third-order valence-electron chi connectivity index (χ3n) is 2.24. The molecule has 0 aromatic carbocycles. The van der Waals surface area contributed by atoms with Crippen LogP contribution in [0.1, 0.15) is 30.1 Å². The van der Waals surface area contributed by atoms with Crippen LogP contribution < -0.4 is 5.56 Å². The highest BCUT2D eigenvalue weighted by molar-refractivity contribution is 5.93. The highest BCUT2D eigenvalue weighted by Gasteiger charge is 2.13. The van der Waals surface area contributed by atoms with Gasteiger partial charge < -0.3 is 9.88 Å². The molecule has 82 valence electrons. The molecule has 0 radical (unpaired) electrons. The third kappa shape index (κ3) is 2.94. The van der Waals surface area contributed by atoms with Crippen molar-refractivity contribution < 1.29 is 4.79 Å². The predicted octanol–water partition coefficient (Wildman–Crippen LogP) is 1.25. The molecule has 1 amide bonds. The quantitative estimate of drug-likeness (QED) is 0.809. The highest BCUT2D eigenvalue weighted by atomic mass is 16.2. The highest BCUT2D eigenvalue weighted by Crippen LogP contribution is 1.99. The minimum Gasteiger partial charge on any atom is -0.342 e. The van der Waals surface area contributed by atoms with Gasteiger partial charge in [-0.15, -0.1) is 0 Å². The molecule has 0 saturated heterocycles. The molecule has 0 unspecified atom stereocenters. The molecule has 0 aliphatic heterocycles. The molecule has 4 heteroatoms. The molecule has 1 aromatic rings. The first kappa shape index (κ1) is 11.5. The average molecular weight is 208 g/mol. The maximum absolute atomic E-state index is 11.8. The van der Waals surface area contributed by atoms with Gasteiger partial charge in [0.05, 0.1) is 0 Å². The topological polar surface area (TPSA) is 53.2 Å². The number of amides is 1. The summed E-state index contributed by atoms with van der Waals surface area (Å²) < 4.78 is 0. The standard InChI is InChI=1S/C11H16N2O2/c1-3-4-8-13(2)11(15)9-6-5-7-12-10(9)14/h5-7H,3-4,8H2,1-2H3,(H,12,14). The van der Waals surface area contributed by atoms with Crippen molar-refractivity contribution in [2.75, 3.05) is 13.6 Å². The number of nitrogens with zero attached hydrogens (tertiary/aromatic N) is 1. The second-order valence-corrected chi connectivity index (χ2v) is 3.49. The fourth-order valence-electron chi connectivity index (χ4n) is 1.29. The van der Waals surface area contributed by atoms with Crippen LogP contribution in [0.25, 0.3) is 0 Å². The molecule has 15 heavy (non-hydrogen) atoms. The Morgan fingerprint density at radius 2 is 2.27 bits per heavy atom. The van der Waals surface area contributed by atoms with Crippen LogP contribution in [0.3, 0.4) is 0 Å². The first-order chi connectivity index (χ1) is 7.16. The molecular formula is C11H16N2O2. The summed E-state index contributed by atoms with van der Waals surface area (Å²) in [5.74, 6) is -0.217. The van der Waals surface area contributed by atoms with Crippen molar-refractivity contribution in [3.8, 4) is 0 Å². The van der Waals surface area contributed by atoms with Gasteiger partial charge in [0.2, 0.25) is 0 Å². The van der Waals surface area contributed by atoms with Gasteiger partial charge >= 0.3 is 0 Å². The fourth-order valence-corrected chi connectivity index (χ4v) is 1.29. The van der Waals surface area contributed by atoms with Crippen molar-refractivity contribution in [2.45, 2.75) is 19.8 Å². The summed E-state index contributed by atoms with van der Waals surface area (Å²) in [4.78, 5) is 27.2. The maximum atomic E-state index is 11.8. The Morgan fingerprint density at radius 1 is 1.53 bits per heavy atom. The molecule has 4 nitrogen and oxygen atoms in total. The van der Waals surface area contributed by atoms with E-state index in [-0.39, 0.29) is 17.0 Å². The van der Waals surface area contributed by atoms with E-state index in [1.54, 1.807) is 24.1 Å². The SMILES string of the molecule is CCCCN(C)C(=O)c1ccc[nH]c1=O. The molecule has 1 N–H and O–H groups in total. The molecule has 0 spiro atoms. The zero-order valence-corrected chi connectivity index (χ0v) is 9.12. The van der Waals surface area contributed by atoms with Gasteiger partial charge in [0.1, 0.15) is 5.56 Å². The number of hydrogen-bond donors (Lipinski definition) is 1. The fraction of sp³-hybridized carbons (Fsp3) is 0.455. The van der Waals surface area contributed by atoms with Gasteiger partial charge in [-0.25, -0.2) is 0 Å². The lowest BCUT2D eigenvalue weighted by molar-refractivity contribution is 0.0791. The number of hydrogen-bond acceptors (Lipinski definition) is 2. The van der Waals surface area contributed by atoms with Crippen LogP contribution in [0.2, 0.25) is 0 Å². The zero-order valence-electron chi connectivity index (χ0n) is 9.12. The lowest BCUT2D eigenvalue weighted by Gasteiger charge is -2.15. The number of aromatic nitrogens is 1. The zero-order chi connectivity index (χ0) is 11.3.